The normalized spacial score (nSPS) is 11.4. The van der Waals surface area contributed by atoms with E-state index in [1.54, 1.807) is 18.2 Å². The maximum atomic E-state index is 9.58. The Morgan fingerprint density at radius 3 is 2.32 bits per heavy atom. The Labute approximate surface area is 199 Å². The number of allylic oxidation sites excluding steroid dienone is 1. The summed E-state index contributed by atoms with van der Waals surface area (Å²) in [6.07, 6.45) is 1.76. The van der Waals surface area contributed by atoms with Crippen LogP contribution in [0, 0.1) is 11.3 Å². The highest BCUT2D eigenvalue weighted by Gasteiger charge is 2.11. The molecule has 0 saturated heterocycles. The average Bonchev–Trinajstić information content (AvgIpc) is 2.77. The van der Waals surface area contributed by atoms with E-state index in [4.69, 9.17) is 27.9 Å². The van der Waals surface area contributed by atoms with Crippen LogP contribution >= 0.6 is 39.1 Å². The van der Waals surface area contributed by atoms with Crippen molar-refractivity contribution in [2.75, 3.05) is 0 Å². The molecule has 2 nitrogen and oxygen atoms in total. The van der Waals surface area contributed by atoms with Crippen LogP contribution in [0.15, 0.2) is 83.3 Å². The van der Waals surface area contributed by atoms with Crippen LogP contribution in [0.25, 0.3) is 22.4 Å². The highest BCUT2D eigenvalue weighted by molar-refractivity contribution is 9.10. The zero-order valence-corrected chi connectivity index (χ0v) is 19.4. The molecular weight excluding hydrogens is 493 g/mol. The molecule has 152 valence electrons. The van der Waals surface area contributed by atoms with Gasteiger partial charge in [0.25, 0.3) is 0 Å². The van der Waals surface area contributed by atoms with E-state index >= 15 is 0 Å². The molecule has 0 heterocycles. The predicted octanol–water partition coefficient (Wildman–Crippen LogP) is 8.55. The lowest BCUT2D eigenvalue weighted by Crippen LogP contribution is -1.98. The van der Waals surface area contributed by atoms with E-state index < -0.39 is 0 Å². The van der Waals surface area contributed by atoms with Crippen LogP contribution in [0.1, 0.15) is 16.7 Å². The fourth-order valence-electron chi connectivity index (χ4n) is 3.35. The molecule has 4 aromatic carbocycles. The third kappa shape index (κ3) is 4.94. The molecule has 4 aromatic rings. The van der Waals surface area contributed by atoms with Crippen molar-refractivity contribution in [1.29, 1.82) is 5.26 Å². The van der Waals surface area contributed by atoms with Crippen molar-refractivity contribution in [1.82, 2.24) is 0 Å². The molecule has 0 saturated carbocycles. The molecule has 0 aliphatic carbocycles. The lowest BCUT2D eigenvalue weighted by Gasteiger charge is -2.13. The van der Waals surface area contributed by atoms with E-state index in [-0.39, 0.29) is 0 Å². The Hall–Kier alpha value is -2.77. The van der Waals surface area contributed by atoms with Crippen molar-refractivity contribution >= 4 is 61.6 Å². The molecule has 0 N–H and O–H groups in total. The summed E-state index contributed by atoms with van der Waals surface area (Å²) >= 11 is 16.4. The van der Waals surface area contributed by atoms with Gasteiger partial charge in [-0.25, -0.2) is 0 Å². The summed E-state index contributed by atoms with van der Waals surface area (Å²) in [6, 6.07) is 27.5. The second-order valence-electron chi connectivity index (χ2n) is 6.92. The van der Waals surface area contributed by atoms with E-state index in [0.717, 1.165) is 31.9 Å². The molecule has 0 amide bonds. The van der Waals surface area contributed by atoms with Crippen molar-refractivity contribution < 1.29 is 4.74 Å². The zero-order valence-electron chi connectivity index (χ0n) is 16.3. The van der Waals surface area contributed by atoms with Gasteiger partial charge in [-0.05, 0) is 57.8 Å². The topological polar surface area (TPSA) is 33.0 Å². The molecule has 0 aromatic heterocycles. The third-order valence-electron chi connectivity index (χ3n) is 4.86. The fraction of sp³-hybridized carbons (Fsp3) is 0.0385. The Kier molecular flexibility index (Phi) is 6.63. The highest BCUT2D eigenvalue weighted by Crippen LogP contribution is 2.36. The van der Waals surface area contributed by atoms with Crippen molar-refractivity contribution in [2.45, 2.75) is 6.61 Å². The van der Waals surface area contributed by atoms with Gasteiger partial charge in [0.05, 0.1) is 21.7 Å². The number of hydrogen-bond donors (Lipinski definition) is 0. The Bertz CT molecular complexity index is 1300. The molecule has 0 aliphatic heterocycles. The van der Waals surface area contributed by atoms with E-state index in [9.17, 15) is 5.26 Å². The molecule has 5 heteroatoms. The van der Waals surface area contributed by atoms with Gasteiger partial charge in [-0.2, -0.15) is 5.26 Å². The second-order valence-corrected chi connectivity index (χ2v) is 8.65. The molecule has 0 spiro atoms. The van der Waals surface area contributed by atoms with E-state index in [0.29, 0.717) is 28.0 Å². The van der Waals surface area contributed by atoms with Gasteiger partial charge in [0, 0.05) is 4.47 Å². The van der Waals surface area contributed by atoms with E-state index in [1.165, 1.54) is 0 Å². The van der Waals surface area contributed by atoms with E-state index in [2.05, 4.69) is 40.2 Å². The maximum absolute atomic E-state index is 9.58. The van der Waals surface area contributed by atoms with Gasteiger partial charge in [-0.3, -0.25) is 0 Å². The minimum absolute atomic E-state index is 0.346. The van der Waals surface area contributed by atoms with Crippen LogP contribution in [0.4, 0.5) is 0 Å². The number of benzene rings is 4. The van der Waals surface area contributed by atoms with Gasteiger partial charge in [0.1, 0.15) is 6.61 Å². The largest absolute Gasteiger partial charge is 0.486 e. The van der Waals surface area contributed by atoms with Crippen LogP contribution in [0.3, 0.4) is 0 Å². The second kappa shape index (κ2) is 9.58. The third-order valence-corrected chi connectivity index (χ3v) is 5.95. The quantitative estimate of drug-likeness (QED) is 0.200. The Balaban J connectivity index is 1.60. The minimum atomic E-state index is 0.346. The summed E-state index contributed by atoms with van der Waals surface area (Å²) in [7, 11) is 0. The lowest BCUT2D eigenvalue weighted by molar-refractivity contribution is 0.308. The van der Waals surface area contributed by atoms with Gasteiger partial charge in [-0.15, -0.1) is 0 Å². The first-order valence-electron chi connectivity index (χ1n) is 9.51. The number of hydrogen-bond acceptors (Lipinski definition) is 2. The molecule has 4 rings (SSSR count). The SMILES string of the molecule is N#C/C(=C\c1cc(Cl)c(OCc2cccc3ccccc23)c(Cl)c1)c1ccc(Br)cc1. The van der Waals surface area contributed by atoms with Crippen molar-refractivity contribution in [3.63, 3.8) is 0 Å². The summed E-state index contributed by atoms with van der Waals surface area (Å²) in [5.41, 5.74) is 3.11. The fourth-order valence-corrected chi connectivity index (χ4v) is 4.22. The molecule has 0 bridgehead atoms. The summed E-state index contributed by atoms with van der Waals surface area (Å²) in [5, 5.41) is 12.7. The molecule has 0 radical (unpaired) electrons. The lowest BCUT2D eigenvalue weighted by atomic mass is 10.0. The number of halogens is 3. The number of fused-ring (bicyclic) bond motifs is 1. The number of nitrogens with zero attached hydrogens (tertiary/aromatic N) is 1. The average molecular weight is 509 g/mol. The first-order chi connectivity index (χ1) is 15.0. The smallest absolute Gasteiger partial charge is 0.157 e. The van der Waals surface area contributed by atoms with Gasteiger partial charge < -0.3 is 4.74 Å². The first-order valence-corrected chi connectivity index (χ1v) is 11.1. The van der Waals surface area contributed by atoms with Gasteiger partial charge in [0.2, 0.25) is 0 Å². The number of nitriles is 1. The summed E-state index contributed by atoms with van der Waals surface area (Å²) < 4.78 is 6.94. The molecule has 0 aliphatic rings. The van der Waals surface area contributed by atoms with Crippen molar-refractivity contribution in [3.05, 3.63) is 110 Å². The molecule has 0 unspecified atom stereocenters. The number of rotatable bonds is 5. The van der Waals surface area contributed by atoms with Crippen LogP contribution in [0.5, 0.6) is 5.75 Å². The highest BCUT2D eigenvalue weighted by atomic mass is 79.9. The van der Waals surface area contributed by atoms with Gasteiger partial charge >= 0.3 is 0 Å². The van der Waals surface area contributed by atoms with E-state index in [1.807, 2.05) is 48.5 Å². The van der Waals surface area contributed by atoms with Crippen LogP contribution < -0.4 is 4.74 Å². The molecule has 0 atom stereocenters. The Morgan fingerprint density at radius 2 is 1.61 bits per heavy atom. The summed E-state index contributed by atoms with van der Waals surface area (Å²) in [5.74, 6) is 0.426. The van der Waals surface area contributed by atoms with Gasteiger partial charge in [0.15, 0.2) is 5.75 Å². The van der Waals surface area contributed by atoms with Crippen LogP contribution in [-0.4, -0.2) is 0 Å². The maximum Gasteiger partial charge on any atom is 0.157 e. The monoisotopic (exact) mass is 507 g/mol. The van der Waals surface area contributed by atoms with Gasteiger partial charge in [-0.1, -0.05) is 93.7 Å². The molecule has 31 heavy (non-hydrogen) atoms. The zero-order chi connectivity index (χ0) is 21.8. The van der Waals surface area contributed by atoms with Crippen LogP contribution in [-0.2, 0) is 6.61 Å². The van der Waals surface area contributed by atoms with Crippen molar-refractivity contribution in [3.8, 4) is 11.8 Å². The summed E-state index contributed by atoms with van der Waals surface area (Å²) in [4.78, 5) is 0. The first kappa shape index (κ1) is 21.5. The molecule has 0 fully saturated rings. The predicted molar refractivity (Wildman–Crippen MR) is 132 cm³/mol. The molecular formula is C26H16BrCl2NO. The Morgan fingerprint density at radius 1 is 0.935 bits per heavy atom. The standard InChI is InChI=1S/C26H16BrCl2NO/c27-22-10-8-18(9-11-22)21(15-30)12-17-13-24(28)26(25(29)14-17)31-16-20-6-3-5-19-4-1-2-7-23(19)20/h1-14H,16H2/b21-12+. The number of ether oxygens (including phenoxy) is 1. The van der Waals surface area contributed by atoms with Crippen molar-refractivity contribution in [2.24, 2.45) is 0 Å². The summed E-state index contributed by atoms with van der Waals surface area (Å²) in [6.45, 7) is 0.346. The van der Waals surface area contributed by atoms with Crippen LogP contribution in [0.2, 0.25) is 10.0 Å². The minimum Gasteiger partial charge on any atom is -0.486 e.